The molecule has 1 aromatic carbocycles. The normalized spacial score (nSPS) is 21.6. The van der Waals surface area contributed by atoms with Crippen LogP contribution in [-0.2, 0) is 6.42 Å². The molecule has 0 bridgehead atoms. The maximum absolute atomic E-state index is 9.78. The number of nitrogens with zero attached hydrogens (tertiary/aromatic N) is 1. The number of hydrogen-bond acceptors (Lipinski definition) is 2. The van der Waals surface area contributed by atoms with Gasteiger partial charge < -0.3 is 10.0 Å². The average molecular weight is 205 g/mol. The Hall–Kier alpha value is -1.02. The van der Waals surface area contributed by atoms with E-state index in [1.807, 2.05) is 6.92 Å². The highest BCUT2D eigenvalue weighted by atomic mass is 16.3. The van der Waals surface area contributed by atoms with E-state index in [0.717, 1.165) is 13.0 Å². The number of anilines is 1. The summed E-state index contributed by atoms with van der Waals surface area (Å²) in [5, 5.41) is 9.78. The number of rotatable bonds is 2. The van der Waals surface area contributed by atoms with Gasteiger partial charge in [0.2, 0.25) is 0 Å². The highest BCUT2D eigenvalue weighted by Gasteiger charge is 2.31. The molecular weight excluding hydrogens is 186 g/mol. The van der Waals surface area contributed by atoms with Crippen LogP contribution in [-0.4, -0.2) is 23.8 Å². The fourth-order valence-electron chi connectivity index (χ4n) is 2.56. The lowest BCUT2D eigenvalue weighted by Crippen LogP contribution is -2.39. The number of aliphatic hydroxyl groups is 1. The van der Waals surface area contributed by atoms with E-state index < -0.39 is 0 Å². The van der Waals surface area contributed by atoms with Crippen LogP contribution in [0.5, 0.6) is 0 Å². The van der Waals surface area contributed by atoms with Crippen molar-refractivity contribution in [1.82, 2.24) is 0 Å². The fourth-order valence-corrected chi connectivity index (χ4v) is 2.56. The summed E-state index contributed by atoms with van der Waals surface area (Å²) in [6.45, 7) is 7.14. The summed E-state index contributed by atoms with van der Waals surface area (Å²) < 4.78 is 0. The van der Waals surface area contributed by atoms with Crippen molar-refractivity contribution >= 4 is 5.69 Å². The molecule has 2 heteroatoms. The van der Waals surface area contributed by atoms with Gasteiger partial charge in [-0.1, -0.05) is 12.1 Å². The zero-order valence-electron chi connectivity index (χ0n) is 9.70. The molecule has 2 atom stereocenters. The fraction of sp³-hybridized carbons (Fsp3) is 0.538. The van der Waals surface area contributed by atoms with Crippen molar-refractivity contribution in [2.45, 2.75) is 39.3 Å². The molecule has 2 nitrogen and oxygen atoms in total. The van der Waals surface area contributed by atoms with E-state index in [9.17, 15) is 5.11 Å². The highest BCUT2D eigenvalue weighted by Crippen LogP contribution is 2.35. The predicted molar refractivity (Wildman–Crippen MR) is 63.4 cm³/mol. The van der Waals surface area contributed by atoms with Crippen molar-refractivity contribution in [2.24, 2.45) is 0 Å². The first-order valence-corrected chi connectivity index (χ1v) is 5.68. The summed E-state index contributed by atoms with van der Waals surface area (Å²) in [5.41, 5.74) is 4.06. The first-order valence-electron chi connectivity index (χ1n) is 5.68. The standard InChI is InChI=1S/C13H19NO/c1-4-14-12-7-5-6-9(2)11(12)8-13(14)10(3)15/h5-7,10,13,15H,4,8H2,1-3H3. The number of likely N-dealkylation sites (N-methyl/N-ethyl adjacent to an activating group) is 1. The largest absolute Gasteiger partial charge is 0.391 e. The van der Waals surface area contributed by atoms with Crippen LogP contribution in [0.3, 0.4) is 0 Å². The van der Waals surface area contributed by atoms with Gasteiger partial charge in [0.1, 0.15) is 0 Å². The molecule has 1 aromatic rings. The first kappa shape index (κ1) is 10.5. The topological polar surface area (TPSA) is 23.5 Å². The van der Waals surface area contributed by atoms with Crippen molar-refractivity contribution in [3.05, 3.63) is 29.3 Å². The maximum Gasteiger partial charge on any atom is 0.0718 e. The summed E-state index contributed by atoms with van der Waals surface area (Å²) in [5.74, 6) is 0. The van der Waals surface area contributed by atoms with Gasteiger partial charge in [0.25, 0.3) is 0 Å². The lowest BCUT2D eigenvalue weighted by atomic mass is 10.0. The highest BCUT2D eigenvalue weighted by molar-refractivity contribution is 5.62. The van der Waals surface area contributed by atoms with E-state index in [-0.39, 0.29) is 12.1 Å². The van der Waals surface area contributed by atoms with Crippen LogP contribution in [0.15, 0.2) is 18.2 Å². The van der Waals surface area contributed by atoms with Gasteiger partial charge in [-0.05, 0) is 44.4 Å². The second kappa shape index (κ2) is 3.86. The smallest absolute Gasteiger partial charge is 0.0718 e. The SMILES string of the molecule is CCN1c2cccc(C)c2CC1C(C)O. The van der Waals surface area contributed by atoms with E-state index in [0.29, 0.717) is 0 Å². The third kappa shape index (κ3) is 1.63. The molecule has 1 aliphatic heterocycles. The van der Waals surface area contributed by atoms with Crippen molar-refractivity contribution in [2.75, 3.05) is 11.4 Å². The average Bonchev–Trinajstić information content (AvgIpc) is 2.57. The summed E-state index contributed by atoms with van der Waals surface area (Å²) in [4.78, 5) is 2.31. The Morgan fingerprint density at radius 1 is 1.53 bits per heavy atom. The number of hydrogen-bond donors (Lipinski definition) is 1. The van der Waals surface area contributed by atoms with Crippen molar-refractivity contribution in [1.29, 1.82) is 0 Å². The number of aliphatic hydroxyl groups excluding tert-OH is 1. The molecule has 82 valence electrons. The van der Waals surface area contributed by atoms with Crippen molar-refractivity contribution < 1.29 is 5.11 Å². The lowest BCUT2D eigenvalue weighted by molar-refractivity contribution is 0.162. The zero-order valence-corrected chi connectivity index (χ0v) is 9.70. The lowest BCUT2D eigenvalue weighted by Gasteiger charge is -2.28. The van der Waals surface area contributed by atoms with Crippen molar-refractivity contribution in [3.8, 4) is 0 Å². The molecule has 1 heterocycles. The van der Waals surface area contributed by atoms with Gasteiger partial charge in [-0.2, -0.15) is 0 Å². The van der Waals surface area contributed by atoms with Crippen LogP contribution < -0.4 is 4.90 Å². The van der Waals surface area contributed by atoms with E-state index in [1.54, 1.807) is 0 Å². The number of fused-ring (bicyclic) bond motifs is 1. The van der Waals surface area contributed by atoms with Gasteiger partial charge >= 0.3 is 0 Å². The predicted octanol–water partition coefficient (Wildman–Crippen LogP) is 2.13. The molecule has 0 aliphatic carbocycles. The van der Waals surface area contributed by atoms with Gasteiger partial charge in [0.05, 0.1) is 12.1 Å². The Labute approximate surface area is 91.5 Å². The summed E-state index contributed by atoms with van der Waals surface area (Å²) >= 11 is 0. The summed E-state index contributed by atoms with van der Waals surface area (Å²) in [7, 11) is 0. The van der Waals surface area contributed by atoms with E-state index >= 15 is 0 Å². The zero-order chi connectivity index (χ0) is 11.0. The summed E-state index contributed by atoms with van der Waals surface area (Å²) in [6.07, 6.45) is 0.713. The molecule has 0 spiro atoms. The molecule has 0 fully saturated rings. The molecule has 0 amide bonds. The Balaban J connectivity index is 2.41. The third-order valence-electron chi connectivity index (χ3n) is 3.41. The quantitative estimate of drug-likeness (QED) is 0.799. The molecule has 15 heavy (non-hydrogen) atoms. The van der Waals surface area contributed by atoms with Crippen molar-refractivity contribution in [3.63, 3.8) is 0 Å². The van der Waals surface area contributed by atoms with Crippen LogP contribution in [0.4, 0.5) is 5.69 Å². The minimum atomic E-state index is -0.267. The monoisotopic (exact) mass is 205 g/mol. The third-order valence-corrected chi connectivity index (χ3v) is 3.41. The maximum atomic E-state index is 9.78. The Kier molecular flexibility index (Phi) is 2.70. The van der Waals surface area contributed by atoms with Crippen LogP contribution in [0, 0.1) is 6.92 Å². The summed E-state index contributed by atoms with van der Waals surface area (Å²) in [6, 6.07) is 6.66. The minimum absolute atomic E-state index is 0.256. The van der Waals surface area contributed by atoms with Gasteiger partial charge in [0, 0.05) is 12.2 Å². The Morgan fingerprint density at radius 2 is 2.27 bits per heavy atom. The van der Waals surface area contributed by atoms with Crippen LogP contribution in [0.25, 0.3) is 0 Å². The molecule has 0 aromatic heterocycles. The molecular formula is C13H19NO. The molecule has 1 N–H and O–H groups in total. The van der Waals surface area contributed by atoms with Crippen LogP contribution in [0.1, 0.15) is 25.0 Å². The number of benzene rings is 1. The van der Waals surface area contributed by atoms with E-state index in [2.05, 4.69) is 36.9 Å². The van der Waals surface area contributed by atoms with E-state index in [1.165, 1.54) is 16.8 Å². The van der Waals surface area contributed by atoms with Crippen LogP contribution >= 0.6 is 0 Å². The second-order valence-electron chi connectivity index (χ2n) is 4.37. The Morgan fingerprint density at radius 3 is 2.87 bits per heavy atom. The molecule has 1 aliphatic rings. The molecule has 0 saturated heterocycles. The number of aryl methyl sites for hydroxylation is 1. The molecule has 2 rings (SSSR count). The Bertz CT molecular complexity index is 360. The van der Waals surface area contributed by atoms with Gasteiger partial charge in [-0.25, -0.2) is 0 Å². The molecule has 0 radical (unpaired) electrons. The van der Waals surface area contributed by atoms with Gasteiger partial charge in [-0.3, -0.25) is 0 Å². The van der Waals surface area contributed by atoms with Crippen LogP contribution in [0.2, 0.25) is 0 Å². The molecule has 0 saturated carbocycles. The minimum Gasteiger partial charge on any atom is -0.391 e. The molecule has 2 unspecified atom stereocenters. The van der Waals surface area contributed by atoms with Gasteiger partial charge in [0.15, 0.2) is 0 Å². The first-order chi connectivity index (χ1) is 7.15. The van der Waals surface area contributed by atoms with Gasteiger partial charge in [-0.15, -0.1) is 0 Å². The van der Waals surface area contributed by atoms with E-state index in [4.69, 9.17) is 0 Å². The second-order valence-corrected chi connectivity index (χ2v) is 4.37.